The second-order valence-corrected chi connectivity index (χ2v) is 8.53. The van der Waals surface area contributed by atoms with Crippen molar-refractivity contribution in [1.82, 2.24) is 10.3 Å². The van der Waals surface area contributed by atoms with Crippen molar-refractivity contribution in [3.05, 3.63) is 37.5 Å². The van der Waals surface area contributed by atoms with Crippen LogP contribution in [-0.2, 0) is 5.41 Å². The smallest absolute Gasteiger partial charge is 0.114 e. The predicted octanol–water partition coefficient (Wildman–Crippen LogP) is 4.82. The standard InChI is InChI=1S/C16H24N2S2/c1-7-17-14(12-8-10(2)20-11(12)3)15-18-13(9-19-15)16(4,5)6/h8-9,14,17H,7H2,1-6H3. The number of rotatable bonds is 4. The molecule has 0 aliphatic carbocycles. The molecular weight excluding hydrogens is 284 g/mol. The molecule has 0 aliphatic rings. The number of aromatic nitrogens is 1. The van der Waals surface area contributed by atoms with Crippen molar-refractivity contribution in [1.29, 1.82) is 0 Å². The van der Waals surface area contributed by atoms with E-state index in [4.69, 9.17) is 4.98 Å². The quantitative estimate of drug-likeness (QED) is 0.876. The lowest BCUT2D eigenvalue weighted by atomic mass is 9.93. The number of thiazole rings is 1. The molecule has 0 aromatic carbocycles. The first-order chi connectivity index (χ1) is 9.32. The third-order valence-corrected chi connectivity index (χ3v) is 5.23. The van der Waals surface area contributed by atoms with Gasteiger partial charge in [-0.1, -0.05) is 27.7 Å². The molecule has 1 unspecified atom stereocenters. The molecule has 0 fully saturated rings. The first-order valence-corrected chi connectivity index (χ1v) is 8.78. The maximum Gasteiger partial charge on any atom is 0.114 e. The maximum atomic E-state index is 4.89. The van der Waals surface area contributed by atoms with Gasteiger partial charge in [0.15, 0.2) is 0 Å². The third kappa shape index (κ3) is 3.30. The van der Waals surface area contributed by atoms with Crippen LogP contribution >= 0.6 is 22.7 Å². The fourth-order valence-electron chi connectivity index (χ4n) is 2.24. The van der Waals surface area contributed by atoms with E-state index in [9.17, 15) is 0 Å². The van der Waals surface area contributed by atoms with Crippen LogP contribution in [0, 0.1) is 13.8 Å². The molecule has 1 N–H and O–H groups in total. The largest absolute Gasteiger partial charge is 0.305 e. The molecule has 110 valence electrons. The fraction of sp³-hybridized carbons (Fsp3) is 0.562. The summed E-state index contributed by atoms with van der Waals surface area (Å²) >= 11 is 3.64. The van der Waals surface area contributed by atoms with Crippen molar-refractivity contribution in [3.63, 3.8) is 0 Å². The van der Waals surface area contributed by atoms with Gasteiger partial charge in [-0.3, -0.25) is 0 Å². The van der Waals surface area contributed by atoms with Gasteiger partial charge in [0, 0.05) is 20.5 Å². The maximum absolute atomic E-state index is 4.89. The van der Waals surface area contributed by atoms with E-state index in [1.807, 2.05) is 11.3 Å². The molecule has 2 rings (SSSR count). The Bertz CT molecular complexity index is 576. The highest BCUT2D eigenvalue weighted by molar-refractivity contribution is 7.12. The Labute approximate surface area is 130 Å². The summed E-state index contributed by atoms with van der Waals surface area (Å²) in [6, 6.07) is 2.52. The van der Waals surface area contributed by atoms with Crippen molar-refractivity contribution >= 4 is 22.7 Å². The Morgan fingerprint density at radius 1 is 1.30 bits per heavy atom. The second-order valence-electron chi connectivity index (χ2n) is 6.18. The zero-order valence-corrected chi connectivity index (χ0v) is 14.8. The molecule has 4 heteroatoms. The minimum absolute atomic E-state index is 0.116. The van der Waals surface area contributed by atoms with Crippen molar-refractivity contribution < 1.29 is 0 Å². The monoisotopic (exact) mass is 308 g/mol. The lowest BCUT2D eigenvalue weighted by Crippen LogP contribution is -2.22. The molecule has 0 radical (unpaired) electrons. The van der Waals surface area contributed by atoms with Crippen LogP contribution in [0.4, 0.5) is 0 Å². The van der Waals surface area contributed by atoms with Crippen molar-refractivity contribution in [3.8, 4) is 0 Å². The first-order valence-electron chi connectivity index (χ1n) is 7.09. The molecule has 20 heavy (non-hydrogen) atoms. The van der Waals surface area contributed by atoms with Crippen molar-refractivity contribution in [2.75, 3.05) is 6.54 Å². The molecular formula is C16H24N2S2. The highest BCUT2D eigenvalue weighted by Crippen LogP contribution is 2.34. The fourth-order valence-corrected chi connectivity index (χ4v) is 4.34. The molecule has 0 saturated carbocycles. The number of thiophene rings is 1. The molecule has 0 bridgehead atoms. The Morgan fingerprint density at radius 3 is 2.45 bits per heavy atom. The Kier molecular flexibility index (Phi) is 4.67. The van der Waals surface area contributed by atoms with E-state index in [-0.39, 0.29) is 11.5 Å². The SMILES string of the molecule is CCNC(c1nc(C(C)(C)C)cs1)c1cc(C)sc1C. The first kappa shape index (κ1) is 15.7. The van der Waals surface area contributed by atoms with Gasteiger partial charge >= 0.3 is 0 Å². The highest BCUT2D eigenvalue weighted by Gasteiger charge is 2.23. The zero-order chi connectivity index (χ0) is 14.9. The summed E-state index contributed by atoms with van der Waals surface area (Å²) in [6.07, 6.45) is 0. The minimum Gasteiger partial charge on any atom is -0.305 e. The van der Waals surface area contributed by atoms with E-state index in [1.54, 1.807) is 11.3 Å². The summed E-state index contributed by atoms with van der Waals surface area (Å²) in [4.78, 5) is 7.65. The summed E-state index contributed by atoms with van der Waals surface area (Å²) in [5.74, 6) is 0. The van der Waals surface area contributed by atoms with Gasteiger partial charge in [-0.25, -0.2) is 4.98 Å². The van der Waals surface area contributed by atoms with Crippen LogP contribution in [0.25, 0.3) is 0 Å². The molecule has 0 aliphatic heterocycles. The summed E-state index contributed by atoms with van der Waals surface area (Å²) in [5.41, 5.74) is 2.68. The summed E-state index contributed by atoms with van der Waals surface area (Å²) in [6.45, 7) is 14.1. The molecule has 2 heterocycles. The van der Waals surface area contributed by atoms with Crippen LogP contribution in [0.15, 0.2) is 11.4 Å². The van der Waals surface area contributed by atoms with E-state index in [0.717, 1.165) is 6.54 Å². The van der Waals surface area contributed by atoms with Gasteiger partial charge in [0.25, 0.3) is 0 Å². The second kappa shape index (κ2) is 5.96. The average Bonchev–Trinajstić information content (AvgIpc) is 2.92. The van der Waals surface area contributed by atoms with Crippen LogP contribution in [0.5, 0.6) is 0 Å². The van der Waals surface area contributed by atoms with Crippen LogP contribution < -0.4 is 5.32 Å². The van der Waals surface area contributed by atoms with E-state index < -0.39 is 0 Å². The normalized spacial score (nSPS) is 13.7. The predicted molar refractivity (Wildman–Crippen MR) is 90.1 cm³/mol. The van der Waals surface area contributed by atoms with E-state index >= 15 is 0 Å². The molecule has 2 aromatic heterocycles. The zero-order valence-electron chi connectivity index (χ0n) is 13.2. The third-order valence-electron chi connectivity index (χ3n) is 3.34. The van der Waals surface area contributed by atoms with Gasteiger partial charge in [-0.15, -0.1) is 22.7 Å². The minimum atomic E-state index is 0.116. The summed E-state index contributed by atoms with van der Waals surface area (Å²) in [5, 5.41) is 6.97. The van der Waals surface area contributed by atoms with Crippen LogP contribution in [0.2, 0.25) is 0 Å². The lowest BCUT2D eigenvalue weighted by Gasteiger charge is -2.17. The Morgan fingerprint density at radius 2 is 2.00 bits per heavy atom. The number of hydrogen-bond acceptors (Lipinski definition) is 4. The van der Waals surface area contributed by atoms with Crippen molar-refractivity contribution in [2.45, 2.75) is 53.0 Å². The number of nitrogens with one attached hydrogen (secondary N) is 1. The van der Waals surface area contributed by atoms with Gasteiger partial charge in [-0.2, -0.15) is 0 Å². The number of nitrogens with zero attached hydrogens (tertiary/aromatic N) is 1. The molecule has 2 nitrogen and oxygen atoms in total. The molecule has 1 atom stereocenters. The van der Waals surface area contributed by atoms with Gasteiger partial charge in [0.05, 0.1) is 11.7 Å². The Balaban J connectivity index is 2.39. The topological polar surface area (TPSA) is 24.9 Å². The molecule has 2 aromatic rings. The summed E-state index contributed by atoms with van der Waals surface area (Å²) in [7, 11) is 0. The van der Waals surface area contributed by atoms with Crippen LogP contribution in [-0.4, -0.2) is 11.5 Å². The van der Waals surface area contributed by atoms with Crippen LogP contribution in [0.1, 0.15) is 59.8 Å². The van der Waals surface area contributed by atoms with E-state index in [2.05, 4.69) is 58.3 Å². The number of hydrogen-bond donors (Lipinski definition) is 1. The Hall–Kier alpha value is -0.710. The average molecular weight is 309 g/mol. The van der Waals surface area contributed by atoms with Gasteiger partial charge in [0.1, 0.15) is 5.01 Å². The molecule has 0 amide bonds. The van der Waals surface area contributed by atoms with Crippen molar-refractivity contribution in [2.24, 2.45) is 0 Å². The van der Waals surface area contributed by atoms with Gasteiger partial charge in [-0.05, 0) is 32.0 Å². The lowest BCUT2D eigenvalue weighted by molar-refractivity contribution is 0.562. The summed E-state index contributed by atoms with van der Waals surface area (Å²) < 4.78 is 0. The van der Waals surface area contributed by atoms with Gasteiger partial charge in [0.2, 0.25) is 0 Å². The number of aryl methyl sites for hydroxylation is 2. The molecule has 0 saturated heterocycles. The van der Waals surface area contributed by atoms with Gasteiger partial charge < -0.3 is 5.32 Å². The van der Waals surface area contributed by atoms with E-state index in [0.29, 0.717) is 0 Å². The van der Waals surface area contributed by atoms with E-state index in [1.165, 1.54) is 26.0 Å². The highest BCUT2D eigenvalue weighted by atomic mass is 32.1. The molecule has 0 spiro atoms. The van der Waals surface area contributed by atoms with Crippen LogP contribution in [0.3, 0.4) is 0 Å².